The van der Waals surface area contributed by atoms with E-state index in [-0.39, 0.29) is 12.5 Å². The molecule has 3 rings (SSSR count). The molecular weight excluding hydrogens is 362 g/mol. The van der Waals surface area contributed by atoms with E-state index in [2.05, 4.69) is 10.2 Å². The molecular formula is C21H22ClN3O2. The fourth-order valence-corrected chi connectivity index (χ4v) is 3.19. The van der Waals surface area contributed by atoms with E-state index in [1.165, 1.54) is 0 Å². The summed E-state index contributed by atoms with van der Waals surface area (Å²) in [6, 6.07) is 13.1. The summed E-state index contributed by atoms with van der Waals surface area (Å²) >= 11 is 6.19. The maximum absolute atomic E-state index is 13.0. The number of halogens is 1. The number of carbonyl (C=O) groups is 1. The summed E-state index contributed by atoms with van der Waals surface area (Å²) in [5.74, 6) is 0.703. The van der Waals surface area contributed by atoms with Crippen molar-refractivity contribution in [3.05, 3.63) is 70.1 Å². The van der Waals surface area contributed by atoms with Crippen LogP contribution in [0.2, 0.25) is 5.02 Å². The second-order valence-corrected chi connectivity index (χ2v) is 6.93. The molecule has 0 aliphatic heterocycles. The number of carbonyl (C=O) groups excluding carboxylic acids is 1. The Morgan fingerprint density at radius 1 is 1.15 bits per heavy atom. The number of nitrogens with zero attached hydrogens (tertiary/aromatic N) is 3. The first kappa shape index (κ1) is 19.1. The van der Waals surface area contributed by atoms with Crippen LogP contribution in [-0.4, -0.2) is 27.5 Å². The van der Waals surface area contributed by atoms with Crippen LogP contribution in [0, 0.1) is 13.8 Å². The van der Waals surface area contributed by atoms with Crippen LogP contribution < -0.4 is 0 Å². The van der Waals surface area contributed by atoms with Crippen LogP contribution in [0.3, 0.4) is 0 Å². The Morgan fingerprint density at radius 2 is 1.93 bits per heavy atom. The van der Waals surface area contributed by atoms with Crippen molar-refractivity contribution in [2.24, 2.45) is 0 Å². The lowest BCUT2D eigenvalue weighted by molar-refractivity contribution is 0.0728. The van der Waals surface area contributed by atoms with E-state index in [1.807, 2.05) is 57.2 Å². The molecule has 6 heteroatoms. The minimum atomic E-state index is -0.0353. The summed E-state index contributed by atoms with van der Waals surface area (Å²) in [7, 11) is 0. The van der Waals surface area contributed by atoms with Gasteiger partial charge in [-0.15, -0.1) is 10.2 Å². The lowest BCUT2D eigenvalue weighted by atomic mass is 10.0. The molecule has 27 heavy (non-hydrogen) atoms. The number of benzene rings is 2. The van der Waals surface area contributed by atoms with Gasteiger partial charge in [-0.25, -0.2) is 0 Å². The smallest absolute Gasteiger partial charge is 0.254 e. The highest BCUT2D eigenvalue weighted by Crippen LogP contribution is 2.26. The Bertz CT molecular complexity index is 952. The largest absolute Gasteiger partial charge is 0.419 e. The summed E-state index contributed by atoms with van der Waals surface area (Å²) < 4.78 is 5.76. The van der Waals surface area contributed by atoms with E-state index < -0.39 is 0 Å². The summed E-state index contributed by atoms with van der Waals surface area (Å²) in [5, 5.41) is 8.73. The monoisotopic (exact) mass is 383 g/mol. The topological polar surface area (TPSA) is 59.2 Å². The van der Waals surface area contributed by atoms with Crippen LogP contribution in [0.4, 0.5) is 0 Å². The fourth-order valence-electron chi connectivity index (χ4n) is 2.97. The van der Waals surface area contributed by atoms with Gasteiger partial charge >= 0.3 is 0 Å². The molecule has 0 N–H and O–H groups in total. The Kier molecular flexibility index (Phi) is 5.91. The molecule has 0 spiro atoms. The van der Waals surface area contributed by atoms with E-state index in [1.54, 1.807) is 11.0 Å². The molecule has 0 aliphatic rings. The highest BCUT2D eigenvalue weighted by molar-refractivity contribution is 6.33. The van der Waals surface area contributed by atoms with Crippen molar-refractivity contribution in [3.63, 3.8) is 0 Å². The molecule has 0 saturated carbocycles. The quantitative estimate of drug-likeness (QED) is 0.597. The molecule has 5 nitrogen and oxygen atoms in total. The molecule has 0 aliphatic carbocycles. The molecule has 3 aromatic rings. The molecule has 1 heterocycles. The molecule has 0 fully saturated rings. The van der Waals surface area contributed by atoms with Gasteiger partial charge < -0.3 is 9.32 Å². The first-order valence-corrected chi connectivity index (χ1v) is 9.31. The predicted molar refractivity (Wildman–Crippen MR) is 106 cm³/mol. The standard InChI is InChI=1S/C21H22ClN3O2/c1-4-11-25(21(26)16-10-9-14(2)12-15(16)3)13-19-23-24-20(27-19)17-7-5-6-8-18(17)22/h5-10,12H,4,11,13H2,1-3H3. The number of hydrogen-bond donors (Lipinski definition) is 0. The van der Waals surface area contributed by atoms with Gasteiger partial charge in [0, 0.05) is 12.1 Å². The lowest BCUT2D eigenvalue weighted by Gasteiger charge is -2.21. The second-order valence-electron chi connectivity index (χ2n) is 6.53. The average molecular weight is 384 g/mol. The Morgan fingerprint density at radius 3 is 2.63 bits per heavy atom. The van der Waals surface area contributed by atoms with Gasteiger partial charge in [0.2, 0.25) is 11.8 Å². The molecule has 1 amide bonds. The first-order chi connectivity index (χ1) is 13.0. The van der Waals surface area contributed by atoms with Crippen LogP contribution in [0.15, 0.2) is 46.9 Å². The summed E-state index contributed by atoms with van der Waals surface area (Å²) in [5.41, 5.74) is 3.47. The van der Waals surface area contributed by atoms with Gasteiger partial charge in [0.05, 0.1) is 17.1 Å². The molecule has 140 valence electrons. The van der Waals surface area contributed by atoms with Crippen LogP contribution >= 0.6 is 11.6 Å². The zero-order chi connectivity index (χ0) is 19.4. The predicted octanol–water partition coefficient (Wildman–Crippen LogP) is 5.06. The normalized spacial score (nSPS) is 10.8. The molecule has 0 saturated heterocycles. The molecule has 1 aromatic heterocycles. The summed E-state index contributed by atoms with van der Waals surface area (Å²) in [4.78, 5) is 14.8. The molecule has 0 bridgehead atoms. The van der Waals surface area contributed by atoms with Crippen LogP contribution in [-0.2, 0) is 6.54 Å². The van der Waals surface area contributed by atoms with Crippen LogP contribution in [0.1, 0.15) is 40.7 Å². The molecule has 2 aromatic carbocycles. The van der Waals surface area contributed by atoms with Crippen LogP contribution in [0.5, 0.6) is 0 Å². The summed E-state index contributed by atoms with van der Waals surface area (Å²) in [6.07, 6.45) is 0.835. The number of aryl methyl sites for hydroxylation is 2. The van der Waals surface area contributed by atoms with Crippen molar-refractivity contribution in [3.8, 4) is 11.5 Å². The zero-order valence-electron chi connectivity index (χ0n) is 15.7. The second kappa shape index (κ2) is 8.35. The van der Waals surface area contributed by atoms with E-state index >= 15 is 0 Å². The number of aromatic nitrogens is 2. The van der Waals surface area contributed by atoms with E-state index in [4.69, 9.17) is 16.0 Å². The average Bonchev–Trinajstić information content (AvgIpc) is 3.09. The lowest BCUT2D eigenvalue weighted by Crippen LogP contribution is -2.32. The number of amides is 1. The van der Waals surface area contributed by atoms with Gasteiger partial charge in [-0.05, 0) is 44.0 Å². The van der Waals surface area contributed by atoms with Gasteiger partial charge in [0.15, 0.2) is 0 Å². The van der Waals surface area contributed by atoms with Crippen molar-refractivity contribution in [1.82, 2.24) is 15.1 Å². The minimum Gasteiger partial charge on any atom is -0.419 e. The SMILES string of the molecule is CCCN(Cc1nnc(-c2ccccc2Cl)o1)C(=O)c1ccc(C)cc1C. The molecule has 0 radical (unpaired) electrons. The van der Waals surface area contributed by atoms with Gasteiger partial charge in [0.1, 0.15) is 0 Å². The van der Waals surface area contributed by atoms with E-state index in [9.17, 15) is 4.79 Å². The van der Waals surface area contributed by atoms with E-state index in [0.29, 0.717) is 34.5 Å². The maximum atomic E-state index is 13.0. The van der Waals surface area contributed by atoms with Gasteiger partial charge in [-0.2, -0.15) is 0 Å². The van der Waals surface area contributed by atoms with Crippen molar-refractivity contribution in [2.45, 2.75) is 33.7 Å². The van der Waals surface area contributed by atoms with Gasteiger partial charge in [0.25, 0.3) is 5.91 Å². The number of rotatable bonds is 6. The van der Waals surface area contributed by atoms with Gasteiger partial charge in [-0.1, -0.05) is 48.4 Å². The summed E-state index contributed by atoms with van der Waals surface area (Å²) in [6.45, 7) is 6.87. The fraction of sp³-hybridized carbons (Fsp3) is 0.286. The Hall–Kier alpha value is -2.66. The minimum absolute atomic E-state index is 0.0353. The Labute approximate surface area is 164 Å². The van der Waals surface area contributed by atoms with Crippen molar-refractivity contribution in [2.75, 3.05) is 6.54 Å². The zero-order valence-corrected chi connectivity index (χ0v) is 16.5. The third-order valence-corrected chi connectivity index (χ3v) is 4.62. The van der Waals surface area contributed by atoms with Crippen LogP contribution in [0.25, 0.3) is 11.5 Å². The van der Waals surface area contributed by atoms with Crippen molar-refractivity contribution in [1.29, 1.82) is 0 Å². The third-order valence-electron chi connectivity index (χ3n) is 4.29. The highest BCUT2D eigenvalue weighted by Gasteiger charge is 2.20. The Balaban J connectivity index is 1.83. The van der Waals surface area contributed by atoms with Crippen molar-refractivity contribution < 1.29 is 9.21 Å². The maximum Gasteiger partial charge on any atom is 0.254 e. The third kappa shape index (κ3) is 4.37. The highest BCUT2D eigenvalue weighted by atomic mass is 35.5. The number of hydrogen-bond acceptors (Lipinski definition) is 4. The first-order valence-electron chi connectivity index (χ1n) is 8.93. The van der Waals surface area contributed by atoms with Gasteiger partial charge in [-0.3, -0.25) is 4.79 Å². The van der Waals surface area contributed by atoms with Crippen molar-refractivity contribution >= 4 is 17.5 Å². The molecule has 0 atom stereocenters. The molecule has 0 unspecified atom stereocenters. The van der Waals surface area contributed by atoms with E-state index in [0.717, 1.165) is 17.5 Å².